The van der Waals surface area contributed by atoms with Crippen molar-refractivity contribution in [2.75, 3.05) is 11.9 Å². The lowest BCUT2D eigenvalue weighted by molar-refractivity contribution is 0.269. The minimum atomic E-state index is 0.488. The van der Waals surface area contributed by atoms with Crippen molar-refractivity contribution in [1.82, 2.24) is 0 Å². The first kappa shape index (κ1) is 22.7. The van der Waals surface area contributed by atoms with Gasteiger partial charge in [0.1, 0.15) is 18.1 Å². The van der Waals surface area contributed by atoms with E-state index in [1.54, 1.807) is 0 Å². The highest BCUT2D eigenvalue weighted by molar-refractivity contribution is 9.10. The van der Waals surface area contributed by atoms with E-state index in [0.29, 0.717) is 19.8 Å². The molecule has 4 aromatic carbocycles. The first-order valence-corrected chi connectivity index (χ1v) is 11.7. The average Bonchev–Trinajstić information content (AvgIpc) is 2.85. The van der Waals surface area contributed by atoms with Gasteiger partial charge in [-0.05, 0) is 78.7 Å². The van der Waals surface area contributed by atoms with Crippen molar-refractivity contribution < 1.29 is 14.2 Å². The largest absolute Gasteiger partial charge is 0.490 e. The Balaban J connectivity index is 1.35. The van der Waals surface area contributed by atoms with Crippen LogP contribution in [0.5, 0.6) is 23.0 Å². The molecule has 0 aromatic heterocycles. The lowest BCUT2D eigenvalue weighted by Crippen LogP contribution is -2.03. The maximum absolute atomic E-state index is 6.02. The molecular weight excluding hydrogens is 478 g/mol. The molecule has 4 aromatic rings. The second kappa shape index (κ2) is 11.4. The van der Waals surface area contributed by atoms with Gasteiger partial charge in [-0.1, -0.05) is 52.3 Å². The lowest BCUT2D eigenvalue weighted by atomic mass is 10.2. The van der Waals surface area contributed by atoms with Gasteiger partial charge in [0.05, 0.1) is 6.61 Å². The van der Waals surface area contributed by atoms with Gasteiger partial charge in [-0.3, -0.25) is 0 Å². The SMILES string of the molecule is CCOc1cc(CNc2ccc(Oc3ccccc3)cc2)ccc1OCc1ccc(Br)cc1. The van der Waals surface area contributed by atoms with Gasteiger partial charge in [-0.15, -0.1) is 0 Å². The molecule has 0 saturated carbocycles. The summed E-state index contributed by atoms with van der Waals surface area (Å²) in [6.45, 7) is 3.71. The predicted molar refractivity (Wildman–Crippen MR) is 136 cm³/mol. The van der Waals surface area contributed by atoms with Crippen molar-refractivity contribution >= 4 is 21.6 Å². The summed E-state index contributed by atoms with van der Waals surface area (Å²) in [5.41, 5.74) is 3.23. The van der Waals surface area contributed by atoms with Crippen LogP contribution in [0.25, 0.3) is 0 Å². The molecule has 0 bridgehead atoms. The molecule has 0 radical (unpaired) electrons. The molecule has 0 heterocycles. The second-order valence-corrected chi connectivity index (χ2v) is 8.34. The van der Waals surface area contributed by atoms with E-state index in [9.17, 15) is 0 Å². The van der Waals surface area contributed by atoms with E-state index < -0.39 is 0 Å². The Morgan fingerprint density at radius 1 is 0.697 bits per heavy atom. The molecule has 4 rings (SSSR count). The molecule has 5 heteroatoms. The molecule has 4 nitrogen and oxygen atoms in total. The highest BCUT2D eigenvalue weighted by Crippen LogP contribution is 2.30. The summed E-state index contributed by atoms with van der Waals surface area (Å²) in [5, 5.41) is 3.45. The molecule has 0 aliphatic rings. The number of benzene rings is 4. The van der Waals surface area contributed by atoms with Gasteiger partial charge in [-0.2, -0.15) is 0 Å². The molecular formula is C28H26BrNO3. The quantitative estimate of drug-likeness (QED) is 0.239. The summed E-state index contributed by atoms with van der Waals surface area (Å²) < 4.78 is 18.8. The van der Waals surface area contributed by atoms with Gasteiger partial charge in [0.2, 0.25) is 0 Å². The third-order valence-corrected chi connectivity index (χ3v) is 5.47. The third kappa shape index (κ3) is 6.77. The van der Waals surface area contributed by atoms with Crippen LogP contribution in [0, 0.1) is 0 Å². The summed E-state index contributed by atoms with van der Waals surface area (Å²) in [6, 6.07) is 31.9. The number of halogens is 1. The minimum absolute atomic E-state index is 0.488. The summed E-state index contributed by atoms with van der Waals surface area (Å²) in [5.74, 6) is 3.12. The summed E-state index contributed by atoms with van der Waals surface area (Å²) in [6.07, 6.45) is 0. The minimum Gasteiger partial charge on any atom is -0.490 e. The van der Waals surface area contributed by atoms with E-state index in [-0.39, 0.29) is 0 Å². The molecule has 33 heavy (non-hydrogen) atoms. The van der Waals surface area contributed by atoms with E-state index >= 15 is 0 Å². The third-order valence-electron chi connectivity index (χ3n) is 4.95. The fraction of sp³-hybridized carbons (Fsp3) is 0.143. The van der Waals surface area contributed by atoms with Gasteiger partial charge in [0.15, 0.2) is 11.5 Å². The summed E-state index contributed by atoms with van der Waals surface area (Å²) in [4.78, 5) is 0. The highest BCUT2D eigenvalue weighted by Gasteiger charge is 2.08. The number of rotatable bonds is 10. The van der Waals surface area contributed by atoms with Crippen LogP contribution in [-0.2, 0) is 13.2 Å². The zero-order chi connectivity index (χ0) is 22.9. The van der Waals surface area contributed by atoms with Gasteiger partial charge < -0.3 is 19.5 Å². The monoisotopic (exact) mass is 503 g/mol. The Labute approximate surface area is 203 Å². The molecule has 0 fully saturated rings. The Morgan fingerprint density at radius 2 is 1.39 bits per heavy atom. The Bertz CT molecular complexity index is 1150. The number of hydrogen-bond donors (Lipinski definition) is 1. The molecule has 0 spiro atoms. The molecule has 0 atom stereocenters. The fourth-order valence-electron chi connectivity index (χ4n) is 3.26. The van der Waals surface area contributed by atoms with Gasteiger partial charge in [0, 0.05) is 16.7 Å². The van der Waals surface area contributed by atoms with E-state index in [2.05, 4.69) is 27.3 Å². The highest BCUT2D eigenvalue weighted by atomic mass is 79.9. The van der Waals surface area contributed by atoms with Crippen LogP contribution >= 0.6 is 15.9 Å². The Kier molecular flexibility index (Phi) is 7.88. The summed E-state index contributed by atoms with van der Waals surface area (Å²) in [7, 11) is 0. The van der Waals surface area contributed by atoms with Crippen LogP contribution in [0.15, 0.2) is 102 Å². The normalized spacial score (nSPS) is 10.5. The van der Waals surface area contributed by atoms with Crippen LogP contribution in [0.1, 0.15) is 18.1 Å². The van der Waals surface area contributed by atoms with Crippen molar-refractivity contribution in [2.45, 2.75) is 20.1 Å². The Hall–Kier alpha value is -3.44. The molecule has 0 aliphatic heterocycles. The predicted octanol–water partition coefficient (Wildman–Crippen LogP) is 7.83. The number of para-hydroxylation sites is 1. The maximum Gasteiger partial charge on any atom is 0.161 e. The van der Waals surface area contributed by atoms with Crippen molar-refractivity contribution in [2.24, 2.45) is 0 Å². The molecule has 0 aliphatic carbocycles. The number of nitrogens with one attached hydrogen (secondary N) is 1. The number of hydrogen-bond acceptors (Lipinski definition) is 4. The van der Waals surface area contributed by atoms with Crippen molar-refractivity contribution in [3.8, 4) is 23.0 Å². The molecule has 1 N–H and O–H groups in total. The van der Waals surface area contributed by atoms with Crippen LogP contribution in [0.2, 0.25) is 0 Å². The van der Waals surface area contributed by atoms with E-state index in [4.69, 9.17) is 14.2 Å². The molecule has 0 amide bonds. The van der Waals surface area contributed by atoms with Gasteiger partial charge in [-0.25, -0.2) is 0 Å². The van der Waals surface area contributed by atoms with Crippen LogP contribution in [0.4, 0.5) is 5.69 Å². The first-order valence-electron chi connectivity index (χ1n) is 10.9. The van der Waals surface area contributed by atoms with Gasteiger partial charge >= 0.3 is 0 Å². The van der Waals surface area contributed by atoms with E-state index in [1.165, 1.54) is 0 Å². The lowest BCUT2D eigenvalue weighted by Gasteiger charge is -2.14. The van der Waals surface area contributed by atoms with Crippen LogP contribution in [0.3, 0.4) is 0 Å². The zero-order valence-corrected chi connectivity index (χ0v) is 20.0. The maximum atomic E-state index is 6.02. The molecule has 0 unspecified atom stereocenters. The van der Waals surface area contributed by atoms with Crippen molar-refractivity contribution in [3.05, 3.63) is 113 Å². The van der Waals surface area contributed by atoms with Gasteiger partial charge in [0.25, 0.3) is 0 Å². The standard InChI is InChI=1S/C28H26BrNO3/c1-2-31-28-18-22(10-17-27(28)32-20-21-8-11-23(29)12-9-21)19-30-24-13-15-26(16-14-24)33-25-6-4-3-5-7-25/h3-18,30H,2,19-20H2,1H3. The van der Waals surface area contributed by atoms with E-state index in [1.807, 2.05) is 97.9 Å². The zero-order valence-electron chi connectivity index (χ0n) is 18.5. The first-order chi connectivity index (χ1) is 16.2. The summed E-state index contributed by atoms with van der Waals surface area (Å²) >= 11 is 3.46. The van der Waals surface area contributed by atoms with Crippen molar-refractivity contribution in [3.63, 3.8) is 0 Å². The number of ether oxygens (including phenoxy) is 3. The fourth-order valence-corrected chi connectivity index (χ4v) is 3.53. The van der Waals surface area contributed by atoms with Crippen molar-refractivity contribution in [1.29, 1.82) is 0 Å². The molecule has 0 saturated heterocycles. The molecule has 168 valence electrons. The smallest absolute Gasteiger partial charge is 0.161 e. The van der Waals surface area contributed by atoms with Crippen LogP contribution in [-0.4, -0.2) is 6.61 Å². The van der Waals surface area contributed by atoms with E-state index in [0.717, 1.165) is 44.3 Å². The van der Waals surface area contributed by atoms with Crippen LogP contribution < -0.4 is 19.5 Å². The topological polar surface area (TPSA) is 39.7 Å². The Morgan fingerprint density at radius 3 is 2.12 bits per heavy atom. The second-order valence-electron chi connectivity index (χ2n) is 7.42. The average molecular weight is 504 g/mol. The number of anilines is 1.